The Balaban J connectivity index is 1.78. The van der Waals surface area contributed by atoms with Gasteiger partial charge < -0.3 is 0 Å². The number of hydrogen-bond donors (Lipinski definition) is 0. The number of nitrogens with zero attached hydrogens (tertiary/aromatic N) is 2. The van der Waals surface area contributed by atoms with Gasteiger partial charge >= 0.3 is 0 Å². The highest BCUT2D eigenvalue weighted by atomic mass is 32.1. The van der Waals surface area contributed by atoms with Crippen molar-refractivity contribution in [2.75, 3.05) is 0 Å². The van der Waals surface area contributed by atoms with E-state index in [2.05, 4.69) is 62.4 Å². The van der Waals surface area contributed by atoms with E-state index in [0.29, 0.717) is 5.92 Å². The number of benzene rings is 1. The normalized spacial score (nSPS) is 26.9. The van der Waals surface area contributed by atoms with Gasteiger partial charge in [0.2, 0.25) is 0 Å². The van der Waals surface area contributed by atoms with Crippen LogP contribution in [-0.4, -0.2) is 11.5 Å². The van der Waals surface area contributed by atoms with Crippen LogP contribution >= 0.6 is 11.3 Å². The second-order valence-electron chi connectivity index (χ2n) is 7.74. The molecule has 2 unspecified atom stereocenters. The lowest BCUT2D eigenvalue weighted by atomic mass is 9.73. The summed E-state index contributed by atoms with van der Waals surface area (Å²) in [6.07, 6.45) is 13.2. The van der Waals surface area contributed by atoms with Crippen molar-refractivity contribution in [3.05, 3.63) is 64.2 Å². The molecule has 0 radical (unpaired) electrons. The fourth-order valence-corrected chi connectivity index (χ4v) is 5.72. The molecule has 1 aromatic heterocycles. The van der Waals surface area contributed by atoms with Crippen LogP contribution < -0.4 is 0 Å². The quantitative estimate of drug-likeness (QED) is 0.556. The largest absolute Gasteiger partial charge is 0.237 e. The van der Waals surface area contributed by atoms with Gasteiger partial charge in [0.15, 0.2) is 0 Å². The second-order valence-corrected chi connectivity index (χ2v) is 8.79. The monoisotopic (exact) mass is 358 g/mol. The Kier molecular flexibility index (Phi) is 3.45. The van der Waals surface area contributed by atoms with E-state index < -0.39 is 0 Å². The van der Waals surface area contributed by atoms with E-state index in [1.165, 1.54) is 31.8 Å². The van der Waals surface area contributed by atoms with E-state index in [1.54, 1.807) is 0 Å². The van der Waals surface area contributed by atoms with Gasteiger partial charge in [-0.25, -0.2) is 9.98 Å². The lowest BCUT2D eigenvalue weighted by Crippen LogP contribution is -2.34. The van der Waals surface area contributed by atoms with Crippen molar-refractivity contribution in [3.8, 4) is 0 Å². The maximum Gasteiger partial charge on any atom is 0.125 e. The van der Waals surface area contributed by atoms with E-state index in [9.17, 15) is 0 Å². The molecule has 130 valence electrons. The minimum atomic E-state index is -0.144. The molecule has 5 rings (SSSR count). The lowest BCUT2D eigenvalue weighted by molar-refractivity contribution is 0.549. The zero-order valence-corrected chi connectivity index (χ0v) is 16.2. The molecule has 2 nitrogen and oxygen atoms in total. The maximum atomic E-state index is 4.96. The first-order valence-corrected chi connectivity index (χ1v) is 10.1. The Hall–Kier alpha value is -2.26. The summed E-state index contributed by atoms with van der Waals surface area (Å²) in [5.74, 6) is 1.45. The van der Waals surface area contributed by atoms with Crippen molar-refractivity contribution in [2.24, 2.45) is 15.4 Å². The van der Waals surface area contributed by atoms with Crippen LogP contribution in [0.1, 0.15) is 55.5 Å². The lowest BCUT2D eigenvalue weighted by Gasteiger charge is -2.35. The molecule has 26 heavy (non-hydrogen) atoms. The Labute approximate surface area is 158 Å². The van der Waals surface area contributed by atoms with Gasteiger partial charge in [0.1, 0.15) is 5.84 Å². The van der Waals surface area contributed by atoms with E-state index in [1.807, 2.05) is 18.3 Å². The third-order valence-corrected chi connectivity index (χ3v) is 7.31. The van der Waals surface area contributed by atoms with Crippen LogP contribution in [-0.2, 0) is 0 Å². The standard InChI is InChI=1S/C23H22N2S/c1-14-8-6-9-16-17-10-7-11-18(21(17)26-20(14)16)22-23(3)13-5-4-12-19(23)24-15(2)25-22/h4-7,9-12,14H,8,13H2,1-3H3. The van der Waals surface area contributed by atoms with Gasteiger partial charge in [0.25, 0.3) is 0 Å². The summed E-state index contributed by atoms with van der Waals surface area (Å²) in [6.45, 7) is 6.62. The molecule has 2 aromatic rings. The molecule has 2 aliphatic carbocycles. The molecule has 2 heterocycles. The molecule has 3 aliphatic rings. The Morgan fingerprint density at radius 3 is 2.96 bits per heavy atom. The van der Waals surface area contributed by atoms with Crippen molar-refractivity contribution < 1.29 is 0 Å². The SMILES string of the molecule is CC1=NC2=CC=CCC2(C)C(c2cccc3c4c(sc23)C(C)CC=C4)=N1. The third-order valence-electron chi connectivity index (χ3n) is 5.82. The average molecular weight is 359 g/mol. The highest BCUT2D eigenvalue weighted by Gasteiger charge is 2.39. The predicted octanol–water partition coefficient (Wildman–Crippen LogP) is 6.49. The number of amidine groups is 1. The molecule has 3 heteroatoms. The highest BCUT2D eigenvalue weighted by Crippen LogP contribution is 2.46. The minimum absolute atomic E-state index is 0.144. The smallest absolute Gasteiger partial charge is 0.125 e. The van der Waals surface area contributed by atoms with Gasteiger partial charge in [-0.05, 0) is 44.2 Å². The summed E-state index contributed by atoms with van der Waals surface area (Å²) in [6, 6.07) is 6.70. The molecular weight excluding hydrogens is 336 g/mol. The maximum absolute atomic E-state index is 4.96. The summed E-state index contributed by atoms with van der Waals surface area (Å²) in [7, 11) is 0. The van der Waals surface area contributed by atoms with E-state index in [4.69, 9.17) is 9.98 Å². The Morgan fingerprint density at radius 1 is 1.19 bits per heavy atom. The van der Waals surface area contributed by atoms with Gasteiger partial charge in [-0.3, -0.25) is 0 Å². The molecule has 0 saturated heterocycles. The highest BCUT2D eigenvalue weighted by molar-refractivity contribution is 7.20. The number of aliphatic imine (C=N–C) groups is 2. The number of hydrogen-bond acceptors (Lipinski definition) is 3. The summed E-state index contributed by atoms with van der Waals surface area (Å²) in [5.41, 5.74) is 4.85. The fraction of sp³-hybridized carbons (Fsp3) is 0.304. The summed E-state index contributed by atoms with van der Waals surface area (Å²) in [4.78, 5) is 11.2. The van der Waals surface area contributed by atoms with Crippen LogP contribution in [0.3, 0.4) is 0 Å². The molecule has 0 N–H and O–H groups in total. The van der Waals surface area contributed by atoms with Crippen molar-refractivity contribution in [1.82, 2.24) is 0 Å². The zero-order valence-electron chi connectivity index (χ0n) is 15.4. The van der Waals surface area contributed by atoms with Crippen LogP contribution in [0.4, 0.5) is 0 Å². The summed E-state index contributed by atoms with van der Waals surface area (Å²) in [5, 5.41) is 1.37. The molecule has 0 amide bonds. The molecule has 2 atom stereocenters. The van der Waals surface area contributed by atoms with Crippen molar-refractivity contribution >= 4 is 39.0 Å². The topological polar surface area (TPSA) is 24.7 Å². The number of allylic oxidation sites excluding steroid dienone is 5. The van der Waals surface area contributed by atoms with Crippen LogP contribution in [0, 0.1) is 5.41 Å². The van der Waals surface area contributed by atoms with Gasteiger partial charge in [0.05, 0.1) is 16.8 Å². The Morgan fingerprint density at radius 2 is 2.08 bits per heavy atom. The van der Waals surface area contributed by atoms with Gasteiger partial charge in [-0.1, -0.05) is 49.4 Å². The average Bonchev–Trinajstić information content (AvgIpc) is 3.02. The van der Waals surface area contributed by atoms with Crippen molar-refractivity contribution in [2.45, 2.75) is 39.5 Å². The van der Waals surface area contributed by atoms with Gasteiger partial charge in [-0.15, -0.1) is 11.3 Å². The summed E-state index contributed by atoms with van der Waals surface area (Å²) < 4.78 is 1.37. The fourth-order valence-electron chi connectivity index (χ4n) is 4.35. The number of fused-ring (bicyclic) bond motifs is 4. The summed E-state index contributed by atoms with van der Waals surface area (Å²) >= 11 is 1.96. The van der Waals surface area contributed by atoms with E-state index >= 15 is 0 Å². The van der Waals surface area contributed by atoms with Crippen LogP contribution in [0.5, 0.6) is 0 Å². The van der Waals surface area contributed by atoms with E-state index in [-0.39, 0.29) is 5.41 Å². The Bertz CT molecular complexity index is 1080. The molecule has 0 fully saturated rings. The van der Waals surface area contributed by atoms with Crippen molar-refractivity contribution in [3.63, 3.8) is 0 Å². The van der Waals surface area contributed by atoms with Gasteiger partial charge in [-0.2, -0.15) is 0 Å². The first-order chi connectivity index (χ1) is 12.6. The van der Waals surface area contributed by atoms with Crippen LogP contribution in [0.2, 0.25) is 0 Å². The first-order valence-electron chi connectivity index (χ1n) is 9.32. The molecule has 0 saturated carbocycles. The number of rotatable bonds is 1. The first kappa shape index (κ1) is 16.0. The minimum Gasteiger partial charge on any atom is -0.237 e. The molecule has 1 aliphatic heterocycles. The molecular formula is C23H22N2S. The third kappa shape index (κ3) is 2.16. The van der Waals surface area contributed by atoms with Crippen molar-refractivity contribution in [1.29, 1.82) is 0 Å². The molecule has 0 bridgehead atoms. The second kappa shape index (κ2) is 5.62. The van der Waals surface area contributed by atoms with Gasteiger partial charge in [0, 0.05) is 20.5 Å². The molecule has 1 aromatic carbocycles. The van der Waals surface area contributed by atoms with E-state index in [0.717, 1.165) is 24.4 Å². The number of thiophene rings is 1. The van der Waals surface area contributed by atoms with Crippen LogP contribution in [0.15, 0.2) is 58.2 Å². The van der Waals surface area contributed by atoms with Crippen LogP contribution in [0.25, 0.3) is 16.2 Å². The zero-order chi connectivity index (χ0) is 17.9. The molecule has 0 spiro atoms. The predicted molar refractivity (Wildman–Crippen MR) is 113 cm³/mol.